The Kier molecular flexibility index (Phi) is 3.86. The predicted molar refractivity (Wildman–Crippen MR) is 111 cm³/mol. The summed E-state index contributed by atoms with van der Waals surface area (Å²) in [5.74, 6) is 1.73. The predicted octanol–water partition coefficient (Wildman–Crippen LogP) is 3.28. The second kappa shape index (κ2) is 6.21. The highest BCUT2D eigenvalue weighted by molar-refractivity contribution is 7.17. The largest absolute Gasteiger partial charge is 0.490 e. The monoisotopic (exact) mass is 411 g/mol. The molecule has 0 bridgehead atoms. The smallest absolute Gasteiger partial charge is 0.263 e. The van der Waals surface area contributed by atoms with Gasteiger partial charge in [0.2, 0.25) is 0 Å². The highest BCUT2D eigenvalue weighted by Crippen LogP contribution is 2.43. The van der Waals surface area contributed by atoms with Crippen molar-refractivity contribution in [3.63, 3.8) is 0 Å². The fourth-order valence-electron chi connectivity index (χ4n) is 3.89. The summed E-state index contributed by atoms with van der Waals surface area (Å²) in [6, 6.07) is 5.88. The first-order valence-electron chi connectivity index (χ1n) is 9.41. The van der Waals surface area contributed by atoms with Crippen molar-refractivity contribution < 1.29 is 14.1 Å². The van der Waals surface area contributed by atoms with Gasteiger partial charge in [0.1, 0.15) is 23.0 Å². The van der Waals surface area contributed by atoms with Gasteiger partial charge in [0.05, 0.1) is 23.5 Å². The molecule has 1 amide bonds. The van der Waals surface area contributed by atoms with Crippen LogP contribution >= 0.6 is 11.3 Å². The third-order valence-corrected chi connectivity index (χ3v) is 6.30. The maximum Gasteiger partial charge on any atom is 0.263 e. The number of ether oxygens (including phenoxy) is 1. The van der Waals surface area contributed by atoms with Gasteiger partial charge in [0.25, 0.3) is 5.91 Å². The van der Waals surface area contributed by atoms with Crippen molar-refractivity contribution in [1.29, 1.82) is 0 Å². The normalized spacial score (nSPS) is 17.3. The van der Waals surface area contributed by atoms with Crippen molar-refractivity contribution >= 4 is 33.9 Å². The lowest BCUT2D eigenvalue weighted by molar-refractivity contribution is 0.0901. The first-order valence-corrected chi connectivity index (χ1v) is 10.2. The Hall–Kier alpha value is -3.07. The Labute approximate surface area is 171 Å². The number of carbonyl (C=O) groups is 1. The number of hydrogen-bond donors (Lipinski definition) is 2. The maximum absolute atomic E-state index is 12.5. The average molecular weight is 411 g/mol. The van der Waals surface area contributed by atoms with Crippen molar-refractivity contribution in [2.75, 3.05) is 23.8 Å². The Bertz CT molecular complexity index is 1110. The van der Waals surface area contributed by atoms with Crippen molar-refractivity contribution in [1.82, 2.24) is 15.5 Å². The SMILES string of the molecule is Cc1onc(N)c1-c1ccc2c(c1)N(c1nc3c(s1)C(=O)NC(C)(C)C3)CCO2. The first kappa shape index (κ1) is 18.0. The average Bonchev–Trinajstić information content (AvgIpc) is 3.23. The van der Waals surface area contributed by atoms with Crippen LogP contribution in [0.1, 0.15) is 35.0 Å². The summed E-state index contributed by atoms with van der Waals surface area (Å²) in [7, 11) is 0. The van der Waals surface area contributed by atoms with Crippen LogP contribution in [0.4, 0.5) is 16.6 Å². The Balaban J connectivity index is 1.58. The zero-order valence-corrected chi connectivity index (χ0v) is 17.2. The number of nitrogen functional groups attached to an aromatic ring is 1. The van der Waals surface area contributed by atoms with Gasteiger partial charge in [-0.15, -0.1) is 0 Å². The van der Waals surface area contributed by atoms with Gasteiger partial charge in [-0.1, -0.05) is 22.6 Å². The molecule has 150 valence electrons. The summed E-state index contributed by atoms with van der Waals surface area (Å²) in [5, 5.41) is 7.69. The minimum atomic E-state index is -0.297. The fourth-order valence-corrected chi connectivity index (χ4v) is 4.91. The summed E-state index contributed by atoms with van der Waals surface area (Å²) >= 11 is 1.42. The fraction of sp³-hybridized carbons (Fsp3) is 0.350. The van der Waals surface area contributed by atoms with Gasteiger partial charge in [-0.3, -0.25) is 4.79 Å². The number of carbonyl (C=O) groups excluding carboxylic acids is 1. The van der Waals surface area contributed by atoms with Gasteiger partial charge in [0, 0.05) is 12.0 Å². The van der Waals surface area contributed by atoms with Gasteiger partial charge in [-0.05, 0) is 38.5 Å². The van der Waals surface area contributed by atoms with Gasteiger partial charge in [0.15, 0.2) is 10.9 Å². The number of nitrogens with one attached hydrogen (secondary N) is 1. The van der Waals surface area contributed by atoms with Crippen LogP contribution in [-0.4, -0.2) is 34.7 Å². The minimum absolute atomic E-state index is 0.0601. The molecule has 2 aromatic heterocycles. The van der Waals surface area contributed by atoms with E-state index in [1.54, 1.807) is 0 Å². The summed E-state index contributed by atoms with van der Waals surface area (Å²) in [6.45, 7) is 7.04. The standard InChI is InChI=1S/C20H21N5O3S/c1-10-15(17(21)24-28-10)11-4-5-14-13(8-11)25(6-7-27-14)19-22-12-9-20(2,3)23-18(26)16(12)29-19/h4-5,8H,6-7,9H2,1-3H3,(H2,21,24)(H,23,26). The minimum Gasteiger partial charge on any atom is -0.490 e. The van der Waals surface area contributed by atoms with Crippen LogP contribution in [-0.2, 0) is 6.42 Å². The lowest BCUT2D eigenvalue weighted by atomic mass is 9.94. The number of aryl methyl sites for hydroxylation is 1. The Morgan fingerprint density at radius 3 is 2.93 bits per heavy atom. The molecule has 0 saturated carbocycles. The summed E-state index contributed by atoms with van der Waals surface area (Å²) in [4.78, 5) is 20.1. The second-order valence-corrected chi connectivity index (χ2v) is 8.95. The summed E-state index contributed by atoms with van der Waals surface area (Å²) in [6.07, 6.45) is 0.707. The molecule has 2 aliphatic rings. The number of nitrogens with two attached hydrogens (primary N) is 1. The van der Waals surface area contributed by atoms with Crippen molar-refractivity contribution in [2.45, 2.75) is 32.7 Å². The molecule has 29 heavy (non-hydrogen) atoms. The van der Waals surface area contributed by atoms with Crippen LogP contribution in [0.5, 0.6) is 5.75 Å². The second-order valence-electron chi connectivity index (χ2n) is 7.97. The Morgan fingerprint density at radius 1 is 1.34 bits per heavy atom. The van der Waals surface area contributed by atoms with Crippen molar-refractivity contribution in [3.8, 4) is 16.9 Å². The van der Waals surface area contributed by atoms with Gasteiger partial charge in [-0.25, -0.2) is 4.98 Å². The van der Waals surface area contributed by atoms with E-state index in [1.165, 1.54) is 11.3 Å². The van der Waals surface area contributed by atoms with Crippen LogP contribution in [0.2, 0.25) is 0 Å². The molecule has 0 aliphatic carbocycles. The zero-order valence-electron chi connectivity index (χ0n) is 16.4. The first-order chi connectivity index (χ1) is 13.8. The number of aromatic nitrogens is 2. The zero-order chi connectivity index (χ0) is 20.3. The molecule has 0 unspecified atom stereocenters. The van der Waals surface area contributed by atoms with E-state index in [9.17, 15) is 4.79 Å². The number of thiazole rings is 1. The molecule has 0 atom stereocenters. The number of nitrogens with zero attached hydrogens (tertiary/aromatic N) is 3. The maximum atomic E-state index is 12.5. The van der Waals surface area contributed by atoms with E-state index in [0.717, 1.165) is 33.4 Å². The van der Waals surface area contributed by atoms with Crippen molar-refractivity contribution in [3.05, 3.63) is 34.5 Å². The molecular weight excluding hydrogens is 390 g/mol. The molecule has 0 fully saturated rings. The quantitative estimate of drug-likeness (QED) is 0.666. The molecule has 4 heterocycles. The molecule has 1 aromatic carbocycles. The summed E-state index contributed by atoms with van der Waals surface area (Å²) in [5.41, 5.74) is 9.11. The topological polar surface area (TPSA) is 107 Å². The van der Waals surface area contributed by atoms with E-state index in [0.29, 0.717) is 36.0 Å². The Morgan fingerprint density at radius 2 is 2.17 bits per heavy atom. The lowest BCUT2D eigenvalue weighted by Gasteiger charge is -2.29. The molecule has 0 saturated heterocycles. The molecule has 9 heteroatoms. The highest BCUT2D eigenvalue weighted by Gasteiger charge is 2.35. The number of benzene rings is 1. The van der Waals surface area contributed by atoms with Crippen LogP contribution in [0.25, 0.3) is 11.1 Å². The van der Waals surface area contributed by atoms with E-state index in [1.807, 2.05) is 39.0 Å². The number of hydrogen-bond acceptors (Lipinski definition) is 8. The number of fused-ring (bicyclic) bond motifs is 2. The van der Waals surface area contributed by atoms with Gasteiger partial charge < -0.3 is 25.2 Å². The van der Waals surface area contributed by atoms with Gasteiger partial charge in [-0.2, -0.15) is 0 Å². The van der Waals surface area contributed by atoms with E-state index < -0.39 is 0 Å². The van der Waals surface area contributed by atoms with Crippen LogP contribution < -0.4 is 20.7 Å². The molecule has 5 rings (SSSR count). The van der Waals surface area contributed by atoms with Crippen LogP contribution in [0, 0.1) is 6.92 Å². The third kappa shape index (κ3) is 2.93. The molecule has 0 spiro atoms. The van der Waals surface area contributed by atoms with E-state index in [2.05, 4.69) is 15.4 Å². The van der Waals surface area contributed by atoms with E-state index in [4.69, 9.17) is 20.0 Å². The van der Waals surface area contributed by atoms with Crippen molar-refractivity contribution in [2.24, 2.45) is 0 Å². The van der Waals surface area contributed by atoms with Gasteiger partial charge >= 0.3 is 0 Å². The molecular formula is C20H21N5O3S. The number of amides is 1. The molecule has 8 nitrogen and oxygen atoms in total. The van der Waals surface area contributed by atoms with Crippen LogP contribution in [0.3, 0.4) is 0 Å². The lowest BCUT2D eigenvalue weighted by Crippen LogP contribution is -2.48. The van der Waals surface area contributed by atoms with E-state index in [-0.39, 0.29) is 11.4 Å². The number of rotatable bonds is 2. The molecule has 3 N–H and O–H groups in total. The third-order valence-electron chi connectivity index (χ3n) is 5.18. The summed E-state index contributed by atoms with van der Waals surface area (Å²) < 4.78 is 11.1. The van der Waals surface area contributed by atoms with E-state index >= 15 is 0 Å². The van der Waals surface area contributed by atoms with Crippen LogP contribution in [0.15, 0.2) is 22.7 Å². The molecule has 0 radical (unpaired) electrons. The number of anilines is 3. The molecule has 3 aromatic rings. The highest BCUT2D eigenvalue weighted by atomic mass is 32.1. The molecule has 2 aliphatic heterocycles.